The number of likely N-dealkylation sites (tertiary alicyclic amines) is 1. The zero-order valence-electron chi connectivity index (χ0n) is 16.7. The molecule has 2 aliphatic heterocycles. The summed E-state index contributed by atoms with van der Waals surface area (Å²) in [6.07, 6.45) is 4.49. The summed E-state index contributed by atoms with van der Waals surface area (Å²) in [6, 6.07) is 16.4. The molecule has 1 aromatic carbocycles. The Bertz CT molecular complexity index is 793. The number of aliphatic hydroxyl groups is 1. The SMILES string of the molecule is O[C@@H]1CN(C/C(Cl)=C/c2ccccc2)CC[C@H]1N1CCN(c2ccccn2)CC1. The summed E-state index contributed by atoms with van der Waals surface area (Å²) in [4.78, 5) is 11.5. The molecule has 2 aromatic rings. The van der Waals surface area contributed by atoms with Crippen LogP contribution in [-0.4, -0.2) is 77.8 Å². The lowest BCUT2D eigenvalue weighted by Gasteiger charge is -2.45. The molecule has 3 heterocycles. The number of piperazine rings is 1. The number of anilines is 1. The summed E-state index contributed by atoms with van der Waals surface area (Å²) in [7, 11) is 0. The number of aliphatic hydroxyl groups excluding tert-OH is 1. The minimum absolute atomic E-state index is 0.231. The lowest BCUT2D eigenvalue weighted by molar-refractivity contribution is -0.0119. The second-order valence-corrected chi connectivity index (χ2v) is 8.36. The van der Waals surface area contributed by atoms with E-state index in [1.165, 1.54) is 0 Å². The number of piperidine rings is 1. The van der Waals surface area contributed by atoms with Crippen LogP contribution in [0.1, 0.15) is 12.0 Å². The van der Waals surface area contributed by atoms with Crippen LogP contribution in [0.25, 0.3) is 6.08 Å². The van der Waals surface area contributed by atoms with Gasteiger partial charge >= 0.3 is 0 Å². The van der Waals surface area contributed by atoms with E-state index in [1.54, 1.807) is 0 Å². The molecule has 6 heteroatoms. The van der Waals surface area contributed by atoms with Crippen LogP contribution in [0.3, 0.4) is 0 Å². The normalized spacial score (nSPS) is 24.6. The van der Waals surface area contributed by atoms with Gasteiger partial charge in [-0.25, -0.2) is 4.98 Å². The fourth-order valence-corrected chi connectivity index (χ4v) is 4.66. The third-order valence-corrected chi connectivity index (χ3v) is 6.11. The van der Waals surface area contributed by atoms with Gasteiger partial charge in [-0.1, -0.05) is 48.0 Å². The van der Waals surface area contributed by atoms with Crippen LogP contribution in [0.15, 0.2) is 59.8 Å². The molecule has 1 aromatic heterocycles. The molecule has 0 unspecified atom stereocenters. The Kier molecular flexibility index (Phi) is 6.82. The first-order valence-corrected chi connectivity index (χ1v) is 10.8. The molecule has 2 atom stereocenters. The third kappa shape index (κ3) is 5.37. The Morgan fingerprint density at radius 2 is 1.79 bits per heavy atom. The maximum absolute atomic E-state index is 10.8. The topological polar surface area (TPSA) is 42.8 Å². The van der Waals surface area contributed by atoms with Gasteiger partial charge in [0.2, 0.25) is 0 Å². The highest BCUT2D eigenvalue weighted by molar-refractivity contribution is 6.31. The molecule has 1 N–H and O–H groups in total. The van der Waals surface area contributed by atoms with E-state index in [9.17, 15) is 5.11 Å². The standard InChI is InChI=1S/C23H29ClN4O/c24-20(16-19-6-2-1-3-7-19)17-26-11-9-21(22(29)18-26)27-12-14-28(15-13-27)23-8-4-5-10-25-23/h1-8,10,16,21-22,29H,9,11-15,17-18H2/b20-16-/t21-,22-/m1/s1. The van der Waals surface area contributed by atoms with Crippen LogP contribution in [0.5, 0.6) is 0 Å². The van der Waals surface area contributed by atoms with Gasteiger partial charge < -0.3 is 10.0 Å². The highest BCUT2D eigenvalue weighted by Gasteiger charge is 2.33. The average molecular weight is 413 g/mol. The lowest BCUT2D eigenvalue weighted by atomic mass is 9.99. The maximum Gasteiger partial charge on any atom is 0.128 e. The Morgan fingerprint density at radius 3 is 2.48 bits per heavy atom. The van der Waals surface area contributed by atoms with Gasteiger partial charge in [-0.15, -0.1) is 0 Å². The van der Waals surface area contributed by atoms with Crippen molar-refractivity contribution in [2.45, 2.75) is 18.6 Å². The number of pyridine rings is 1. The fraction of sp³-hybridized carbons (Fsp3) is 0.435. The number of β-amino-alcohol motifs (C(OH)–C–C–N with tert-alkyl or cyclic N) is 1. The van der Waals surface area contributed by atoms with Gasteiger partial charge in [0, 0.05) is 63.1 Å². The number of nitrogens with zero attached hydrogens (tertiary/aromatic N) is 4. The first-order valence-electron chi connectivity index (χ1n) is 10.4. The molecule has 29 heavy (non-hydrogen) atoms. The lowest BCUT2D eigenvalue weighted by Crippen LogP contribution is -2.59. The van der Waals surface area contributed by atoms with Crippen LogP contribution in [0.2, 0.25) is 0 Å². The van der Waals surface area contributed by atoms with Crippen LogP contribution >= 0.6 is 11.6 Å². The van der Waals surface area contributed by atoms with Gasteiger partial charge in [-0.05, 0) is 30.2 Å². The third-order valence-electron chi connectivity index (χ3n) is 5.88. The molecule has 0 radical (unpaired) electrons. The number of hydrogen-bond acceptors (Lipinski definition) is 5. The second-order valence-electron chi connectivity index (χ2n) is 7.87. The van der Waals surface area contributed by atoms with E-state index in [-0.39, 0.29) is 12.1 Å². The molecule has 2 fully saturated rings. The van der Waals surface area contributed by atoms with E-state index < -0.39 is 0 Å². The summed E-state index contributed by atoms with van der Waals surface area (Å²) in [5, 5.41) is 11.6. The van der Waals surface area contributed by atoms with E-state index in [0.29, 0.717) is 13.1 Å². The van der Waals surface area contributed by atoms with Gasteiger partial charge in [0.1, 0.15) is 5.82 Å². The van der Waals surface area contributed by atoms with Crippen molar-refractivity contribution in [3.8, 4) is 0 Å². The Balaban J connectivity index is 1.27. The van der Waals surface area contributed by atoms with Gasteiger partial charge in [0.05, 0.1) is 6.10 Å². The number of rotatable bonds is 5. The van der Waals surface area contributed by atoms with Crippen molar-refractivity contribution in [3.63, 3.8) is 0 Å². The molecular weight excluding hydrogens is 384 g/mol. The fourth-order valence-electron chi connectivity index (χ4n) is 4.37. The molecule has 0 spiro atoms. The Labute approximate surface area is 178 Å². The number of aromatic nitrogens is 1. The molecule has 0 amide bonds. The average Bonchev–Trinajstić information content (AvgIpc) is 2.75. The second kappa shape index (κ2) is 9.72. The quantitative estimate of drug-likeness (QED) is 0.817. The minimum Gasteiger partial charge on any atom is -0.390 e. The van der Waals surface area contributed by atoms with Crippen molar-refractivity contribution in [1.29, 1.82) is 0 Å². The van der Waals surface area contributed by atoms with Crippen LogP contribution in [-0.2, 0) is 0 Å². The van der Waals surface area contributed by atoms with Gasteiger partial charge in [-0.2, -0.15) is 0 Å². The first kappa shape index (κ1) is 20.4. The van der Waals surface area contributed by atoms with E-state index in [0.717, 1.165) is 55.6 Å². The largest absolute Gasteiger partial charge is 0.390 e. The van der Waals surface area contributed by atoms with Gasteiger partial charge in [-0.3, -0.25) is 9.80 Å². The molecule has 4 rings (SSSR count). The molecular formula is C23H29ClN4O. The van der Waals surface area contributed by atoms with E-state index >= 15 is 0 Å². The zero-order valence-corrected chi connectivity index (χ0v) is 17.5. The molecule has 0 bridgehead atoms. The van der Waals surface area contributed by atoms with Gasteiger partial charge in [0.25, 0.3) is 0 Å². The minimum atomic E-state index is -0.341. The molecule has 2 aliphatic rings. The van der Waals surface area contributed by atoms with Gasteiger partial charge in [0.15, 0.2) is 0 Å². The molecule has 5 nitrogen and oxygen atoms in total. The zero-order chi connectivity index (χ0) is 20.1. The summed E-state index contributed by atoms with van der Waals surface area (Å²) < 4.78 is 0. The summed E-state index contributed by atoms with van der Waals surface area (Å²) in [6.45, 7) is 6.16. The first-order chi connectivity index (χ1) is 14.2. The highest BCUT2D eigenvalue weighted by atomic mass is 35.5. The predicted octanol–water partition coefficient (Wildman–Crippen LogP) is 2.92. The van der Waals surface area contributed by atoms with E-state index in [2.05, 4.69) is 25.8 Å². The van der Waals surface area contributed by atoms with Crippen molar-refractivity contribution >= 4 is 23.5 Å². The van der Waals surface area contributed by atoms with Crippen LogP contribution in [0.4, 0.5) is 5.82 Å². The monoisotopic (exact) mass is 412 g/mol. The number of hydrogen-bond donors (Lipinski definition) is 1. The van der Waals surface area contributed by atoms with Crippen molar-refractivity contribution in [2.75, 3.05) is 50.7 Å². The molecule has 2 saturated heterocycles. The number of benzene rings is 1. The van der Waals surface area contributed by atoms with Crippen molar-refractivity contribution in [2.24, 2.45) is 0 Å². The molecule has 0 saturated carbocycles. The smallest absolute Gasteiger partial charge is 0.128 e. The van der Waals surface area contributed by atoms with Crippen molar-refractivity contribution in [3.05, 3.63) is 65.3 Å². The van der Waals surface area contributed by atoms with Crippen molar-refractivity contribution in [1.82, 2.24) is 14.8 Å². The van der Waals surface area contributed by atoms with E-state index in [4.69, 9.17) is 11.6 Å². The number of halogens is 1. The van der Waals surface area contributed by atoms with Crippen LogP contribution in [0, 0.1) is 0 Å². The van der Waals surface area contributed by atoms with E-state index in [1.807, 2.05) is 54.7 Å². The summed E-state index contributed by atoms with van der Waals surface area (Å²) >= 11 is 6.47. The van der Waals surface area contributed by atoms with Crippen LogP contribution < -0.4 is 4.90 Å². The Hall–Kier alpha value is -1.92. The maximum atomic E-state index is 10.8. The highest BCUT2D eigenvalue weighted by Crippen LogP contribution is 2.22. The molecule has 154 valence electrons. The Morgan fingerprint density at radius 1 is 1.03 bits per heavy atom. The summed E-state index contributed by atoms with van der Waals surface area (Å²) in [5.74, 6) is 1.04. The van der Waals surface area contributed by atoms with Crippen molar-refractivity contribution < 1.29 is 5.11 Å². The molecule has 0 aliphatic carbocycles. The summed E-state index contributed by atoms with van der Waals surface area (Å²) in [5.41, 5.74) is 1.11. The predicted molar refractivity (Wildman–Crippen MR) is 119 cm³/mol.